The number of carbonyl (C=O) groups excluding carboxylic acids is 1. The quantitative estimate of drug-likeness (QED) is 0.626. The van der Waals surface area contributed by atoms with E-state index >= 15 is 0 Å². The lowest BCUT2D eigenvalue weighted by Gasteiger charge is -2.11. The van der Waals surface area contributed by atoms with Crippen LogP contribution in [-0.2, 0) is 4.74 Å². The first-order valence-electron chi connectivity index (χ1n) is 9.12. The number of halogens is 3. The van der Waals surface area contributed by atoms with Crippen LogP contribution in [0, 0.1) is 5.82 Å². The van der Waals surface area contributed by atoms with Crippen molar-refractivity contribution in [1.29, 1.82) is 0 Å². The minimum absolute atomic E-state index is 0.0171. The van der Waals surface area contributed by atoms with Crippen molar-refractivity contribution in [3.63, 3.8) is 0 Å². The molecular weight excluding hydrogens is 418 g/mol. The van der Waals surface area contributed by atoms with Crippen molar-refractivity contribution in [2.24, 2.45) is 4.99 Å². The van der Waals surface area contributed by atoms with Gasteiger partial charge in [0.05, 0.1) is 6.10 Å². The maximum absolute atomic E-state index is 14.2. The molecule has 0 radical (unpaired) electrons. The molecule has 0 spiro atoms. The van der Waals surface area contributed by atoms with Gasteiger partial charge in [0.15, 0.2) is 0 Å². The number of hydrogen-bond donors (Lipinski definition) is 1. The van der Waals surface area contributed by atoms with E-state index in [4.69, 9.17) is 32.4 Å². The highest BCUT2D eigenvalue weighted by Crippen LogP contribution is 2.23. The molecule has 3 aromatic rings. The number of nitrogens with one attached hydrogen (secondary N) is 1. The molecule has 150 valence electrons. The molecule has 1 aliphatic heterocycles. The van der Waals surface area contributed by atoms with Crippen LogP contribution in [0.15, 0.2) is 51.9 Å². The summed E-state index contributed by atoms with van der Waals surface area (Å²) in [5.41, 5.74) is 0.581. The number of rotatable bonds is 4. The van der Waals surface area contributed by atoms with E-state index in [9.17, 15) is 9.18 Å². The highest BCUT2D eigenvalue weighted by molar-refractivity contribution is 6.31. The van der Waals surface area contributed by atoms with Crippen molar-refractivity contribution in [3.8, 4) is 0 Å². The third kappa shape index (κ3) is 4.61. The topological polar surface area (TPSA) is 63.8 Å². The molecule has 2 aromatic carbocycles. The zero-order chi connectivity index (χ0) is 20.4. The lowest BCUT2D eigenvalue weighted by Crippen LogP contribution is -2.34. The Balaban J connectivity index is 1.79. The molecule has 0 unspecified atom stereocenters. The van der Waals surface area contributed by atoms with E-state index in [1.165, 1.54) is 18.2 Å². The van der Waals surface area contributed by atoms with E-state index in [0.717, 1.165) is 12.8 Å². The second kappa shape index (κ2) is 8.53. The predicted molar refractivity (Wildman–Crippen MR) is 109 cm³/mol. The fraction of sp³-hybridized carbons (Fsp3) is 0.238. The van der Waals surface area contributed by atoms with E-state index in [1.54, 1.807) is 24.3 Å². The van der Waals surface area contributed by atoms with Crippen molar-refractivity contribution < 1.29 is 18.3 Å². The van der Waals surface area contributed by atoms with Crippen molar-refractivity contribution in [2.75, 3.05) is 13.2 Å². The molecule has 1 saturated heterocycles. The maximum Gasteiger partial charge on any atom is 0.256 e. The van der Waals surface area contributed by atoms with Crippen LogP contribution in [0.25, 0.3) is 11.0 Å². The average Bonchev–Trinajstić information content (AvgIpc) is 3.22. The summed E-state index contributed by atoms with van der Waals surface area (Å²) in [6.45, 7) is 1.07. The Hall–Kier alpha value is -2.41. The number of ether oxygens (including phenoxy) is 1. The van der Waals surface area contributed by atoms with Gasteiger partial charge in [0.1, 0.15) is 22.7 Å². The molecule has 1 amide bonds. The number of amides is 1. The van der Waals surface area contributed by atoms with Gasteiger partial charge < -0.3 is 14.5 Å². The molecule has 0 bridgehead atoms. The molecule has 4 rings (SSSR count). The van der Waals surface area contributed by atoms with Crippen molar-refractivity contribution >= 4 is 45.8 Å². The van der Waals surface area contributed by atoms with Crippen LogP contribution >= 0.6 is 23.2 Å². The Morgan fingerprint density at radius 1 is 1.17 bits per heavy atom. The molecule has 1 aromatic heterocycles. The Morgan fingerprint density at radius 2 is 1.97 bits per heavy atom. The number of benzene rings is 2. The molecule has 1 aliphatic rings. The van der Waals surface area contributed by atoms with Gasteiger partial charge in [-0.05, 0) is 55.3 Å². The minimum atomic E-state index is -0.577. The van der Waals surface area contributed by atoms with Gasteiger partial charge in [-0.1, -0.05) is 23.2 Å². The summed E-state index contributed by atoms with van der Waals surface area (Å²) in [6, 6.07) is 10.6. The molecule has 2 heterocycles. The van der Waals surface area contributed by atoms with E-state index in [2.05, 4.69) is 10.3 Å². The number of nitrogens with zero attached hydrogens (tertiary/aromatic N) is 1. The Morgan fingerprint density at radius 3 is 2.76 bits per heavy atom. The summed E-state index contributed by atoms with van der Waals surface area (Å²) in [7, 11) is 0. The van der Waals surface area contributed by atoms with Gasteiger partial charge in [0.25, 0.3) is 5.91 Å². The van der Waals surface area contributed by atoms with Crippen LogP contribution in [0.2, 0.25) is 10.0 Å². The standard InChI is InChI=1S/C21H17Cl2FN2O3/c22-13-4-6-19-12(8-13)9-16(20(27)25-11-15-2-1-7-28-15)21(29-19)26-18-10-14(23)3-5-17(18)24/h3-6,8-10,15H,1-2,7,11H2,(H,25,27)/t15-/m1/s1. The van der Waals surface area contributed by atoms with E-state index in [0.29, 0.717) is 34.2 Å². The van der Waals surface area contributed by atoms with Crippen molar-refractivity contribution in [1.82, 2.24) is 5.32 Å². The number of carbonyl (C=O) groups is 1. The maximum atomic E-state index is 14.2. The second-order valence-corrected chi connectivity index (χ2v) is 7.57. The molecule has 8 heteroatoms. The molecular formula is C21H17Cl2FN2O3. The van der Waals surface area contributed by atoms with Gasteiger partial charge in [-0.25, -0.2) is 9.38 Å². The highest BCUT2D eigenvalue weighted by atomic mass is 35.5. The van der Waals surface area contributed by atoms with Gasteiger partial charge in [0, 0.05) is 28.6 Å². The normalized spacial score (nSPS) is 17.1. The predicted octanol–water partition coefficient (Wildman–Crippen LogP) is 5.02. The fourth-order valence-corrected chi connectivity index (χ4v) is 3.48. The summed E-state index contributed by atoms with van der Waals surface area (Å²) < 4.78 is 25.5. The van der Waals surface area contributed by atoms with Crippen LogP contribution < -0.4 is 10.9 Å². The molecule has 1 atom stereocenters. The van der Waals surface area contributed by atoms with Crippen LogP contribution in [0.3, 0.4) is 0 Å². The smallest absolute Gasteiger partial charge is 0.256 e. The lowest BCUT2D eigenvalue weighted by molar-refractivity contribution is 0.0854. The van der Waals surface area contributed by atoms with Crippen molar-refractivity contribution in [2.45, 2.75) is 18.9 Å². The Bertz CT molecular complexity index is 1140. The first-order valence-corrected chi connectivity index (χ1v) is 9.88. The molecule has 0 aliphatic carbocycles. The van der Waals surface area contributed by atoms with Crippen molar-refractivity contribution in [3.05, 3.63) is 69.4 Å². The van der Waals surface area contributed by atoms with Gasteiger partial charge in [0.2, 0.25) is 5.55 Å². The minimum Gasteiger partial charge on any atom is -0.438 e. The van der Waals surface area contributed by atoms with Crippen LogP contribution in [0.4, 0.5) is 10.1 Å². The lowest BCUT2D eigenvalue weighted by atomic mass is 10.1. The molecule has 29 heavy (non-hydrogen) atoms. The first-order chi connectivity index (χ1) is 14.0. The monoisotopic (exact) mass is 434 g/mol. The van der Waals surface area contributed by atoms with Crippen LogP contribution in [0.5, 0.6) is 0 Å². The third-order valence-corrected chi connectivity index (χ3v) is 5.07. The molecule has 0 saturated carbocycles. The van der Waals surface area contributed by atoms with Gasteiger partial charge in [-0.3, -0.25) is 4.79 Å². The highest BCUT2D eigenvalue weighted by Gasteiger charge is 2.19. The fourth-order valence-electron chi connectivity index (χ4n) is 3.14. The van der Waals surface area contributed by atoms with E-state index < -0.39 is 11.7 Å². The Labute approximate surface area is 176 Å². The van der Waals surface area contributed by atoms with E-state index in [1.807, 2.05) is 0 Å². The summed E-state index contributed by atoms with van der Waals surface area (Å²) in [5.74, 6) is -0.973. The number of hydrogen-bond acceptors (Lipinski definition) is 4. The van der Waals surface area contributed by atoms with Gasteiger partial charge in [-0.2, -0.15) is 0 Å². The molecule has 1 fully saturated rings. The van der Waals surface area contributed by atoms with Crippen LogP contribution in [0.1, 0.15) is 23.2 Å². The molecule has 1 N–H and O–H groups in total. The SMILES string of the molecule is O=C(NC[C@H]1CCCO1)c1cc2cc(Cl)ccc2oc1=Nc1cc(Cl)ccc1F. The number of fused-ring (bicyclic) bond motifs is 1. The largest absolute Gasteiger partial charge is 0.438 e. The zero-order valence-corrected chi connectivity index (χ0v) is 16.8. The summed E-state index contributed by atoms with van der Waals surface area (Å²) in [6.07, 6.45) is 1.85. The second-order valence-electron chi connectivity index (χ2n) is 6.70. The summed E-state index contributed by atoms with van der Waals surface area (Å²) in [4.78, 5) is 17.1. The Kier molecular flexibility index (Phi) is 5.85. The average molecular weight is 435 g/mol. The summed E-state index contributed by atoms with van der Waals surface area (Å²) in [5, 5.41) is 4.29. The van der Waals surface area contributed by atoms with Gasteiger partial charge in [-0.15, -0.1) is 0 Å². The zero-order valence-electron chi connectivity index (χ0n) is 15.3. The molecule has 5 nitrogen and oxygen atoms in total. The van der Waals surface area contributed by atoms with Crippen LogP contribution in [-0.4, -0.2) is 25.2 Å². The third-order valence-electron chi connectivity index (χ3n) is 4.60. The van der Waals surface area contributed by atoms with E-state index in [-0.39, 0.29) is 22.9 Å². The van der Waals surface area contributed by atoms with Gasteiger partial charge >= 0.3 is 0 Å². The first kappa shape index (κ1) is 19.9. The summed E-state index contributed by atoms with van der Waals surface area (Å²) >= 11 is 12.0.